The van der Waals surface area contributed by atoms with Crippen LogP contribution in [0.15, 0.2) is 46.2 Å². The lowest BCUT2D eigenvalue weighted by atomic mass is 10.4. The molecule has 0 aliphatic carbocycles. The fourth-order valence-corrected chi connectivity index (χ4v) is 1.69. The second-order valence-corrected chi connectivity index (χ2v) is 3.85. The van der Waals surface area contributed by atoms with E-state index >= 15 is 0 Å². The molecule has 0 aromatic carbocycles. The van der Waals surface area contributed by atoms with Gasteiger partial charge in [-0.25, -0.2) is 19.9 Å². The molecule has 0 fully saturated rings. The highest BCUT2D eigenvalue weighted by Crippen LogP contribution is 2.20. The van der Waals surface area contributed by atoms with Gasteiger partial charge in [0.2, 0.25) is 0 Å². The molecule has 2 aromatic heterocycles. The topological polar surface area (TPSA) is 110 Å². The molecule has 2 rings (SSSR count). The Hall–Kier alpha value is -2.22. The number of nitrogens with two attached hydrogens (primary N) is 1. The van der Waals surface area contributed by atoms with Gasteiger partial charge in [-0.1, -0.05) is 5.16 Å². The zero-order valence-electron chi connectivity index (χ0n) is 8.56. The summed E-state index contributed by atoms with van der Waals surface area (Å²) in [5.41, 5.74) is 5.79. The molecule has 0 aliphatic rings. The van der Waals surface area contributed by atoms with E-state index in [4.69, 9.17) is 10.9 Å². The van der Waals surface area contributed by atoms with E-state index in [0.717, 1.165) is 5.03 Å². The van der Waals surface area contributed by atoms with Gasteiger partial charge in [-0.3, -0.25) is 0 Å². The molecule has 7 nitrogen and oxygen atoms in total. The molecule has 0 atom stereocenters. The minimum Gasteiger partial charge on any atom is -0.409 e. The normalized spacial score (nSPS) is 11.4. The van der Waals surface area contributed by atoms with Crippen LogP contribution in [0, 0.1) is 0 Å². The van der Waals surface area contributed by atoms with E-state index in [1.165, 1.54) is 24.3 Å². The van der Waals surface area contributed by atoms with Crippen LogP contribution >= 0.6 is 11.8 Å². The van der Waals surface area contributed by atoms with Gasteiger partial charge in [0.25, 0.3) is 0 Å². The van der Waals surface area contributed by atoms with Crippen molar-refractivity contribution in [2.75, 3.05) is 0 Å². The third-order valence-electron chi connectivity index (χ3n) is 1.75. The van der Waals surface area contributed by atoms with Crippen molar-refractivity contribution >= 4 is 17.6 Å². The average Bonchev–Trinajstić information content (AvgIpc) is 2.39. The Labute approximate surface area is 101 Å². The van der Waals surface area contributed by atoms with E-state index < -0.39 is 0 Å². The molecule has 3 N–H and O–H groups in total. The van der Waals surface area contributed by atoms with Crippen LogP contribution < -0.4 is 5.73 Å². The van der Waals surface area contributed by atoms with Gasteiger partial charge in [-0.05, 0) is 23.9 Å². The second-order valence-electron chi connectivity index (χ2n) is 2.86. The minimum atomic E-state index is -0.0584. The first kappa shape index (κ1) is 11.3. The Kier molecular flexibility index (Phi) is 3.46. The molecule has 0 unspecified atom stereocenters. The summed E-state index contributed by atoms with van der Waals surface area (Å²) in [6.45, 7) is 0. The average molecular weight is 248 g/mol. The third kappa shape index (κ3) is 2.88. The van der Waals surface area contributed by atoms with E-state index in [1.807, 2.05) is 0 Å². The van der Waals surface area contributed by atoms with E-state index in [0.29, 0.717) is 10.9 Å². The summed E-state index contributed by atoms with van der Waals surface area (Å²) in [5.74, 6) is -0.0584. The Morgan fingerprint density at radius 2 is 2.18 bits per heavy atom. The molecule has 86 valence electrons. The molecule has 0 radical (unpaired) electrons. The third-order valence-corrected chi connectivity index (χ3v) is 2.58. The Morgan fingerprint density at radius 1 is 1.29 bits per heavy atom. The van der Waals surface area contributed by atoms with Gasteiger partial charge in [0, 0.05) is 12.4 Å². The zero-order valence-corrected chi connectivity index (χ0v) is 9.37. The first-order valence-corrected chi connectivity index (χ1v) is 5.36. The molecule has 0 spiro atoms. The quantitative estimate of drug-likeness (QED) is 0.203. The van der Waals surface area contributed by atoms with Gasteiger partial charge in [-0.2, -0.15) is 0 Å². The number of oxime groups is 1. The number of aromatic nitrogens is 4. The van der Waals surface area contributed by atoms with Crippen LogP contribution in [0.25, 0.3) is 0 Å². The van der Waals surface area contributed by atoms with Gasteiger partial charge >= 0.3 is 0 Å². The SMILES string of the molecule is N/C(=N/O)c1ccnc(Sc2ccncn2)n1. The van der Waals surface area contributed by atoms with E-state index in [1.54, 1.807) is 18.3 Å². The smallest absolute Gasteiger partial charge is 0.194 e. The molecule has 0 bridgehead atoms. The number of hydrogen-bond acceptors (Lipinski definition) is 7. The molecule has 0 aliphatic heterocycles. The Balaban J connectivity index is 2.23. The Morgan fingerprint density at radius 3 is 2.88 bits per heavy atom. The maximum Gasteiger partial charge on any atom is 0.194 e. The Bertz CT molecular complexity index is 532. The van der Waals surface area contributed by atoms with Crippen LogP contribution in [0.4, 0.5) is 0 Å². The molecule has 8 heteroatoms. The second kappa shape index (κ2) is 5.21. The number of hydrogen-bond donors (Lipinski definition) is 2. The standard InChI is InChI=1S/C9H8N6OS/c10-8(15-16)6-1-4-12-9(14-6)17-7-2-3-11-5-13-7/h1-5,16H,(H2,10,15). The van der Waals surface area contributed by atoms with Gasteiger partial charge < -0.3 is 10.9 Å². The van der Waals surface area contributed by atoms with Crippen LogP contribution in [0.1, 0.15) is 5.69 Å². The first-order chi connectivity index (χ1) is 8.29. The zero-order chi connectivity index (χ0) is 12.1. The number of rotatable bonds is 3. The highest BCUT2D eigenvalue weighted by molar-refractivity contribution is 7.99. The van der Waals surface area contributed by atoms with E-state index in [2.05, 4.69) is 25.1 Å². The van der Waals surface area contributed by atoms with Crippen LogP contribution in [0.2, 0.25) is 0 Å². The number of amidine groups is 1. The lowest BCUT2D eigenvalue weighted by molar-refractivity contribution is 0.318. The molecule has 0 saturated carbocycles. The fourth-order valence-electron chi connectivity index (χ4n) is 1.02. The summed E-state index contributed by atoms with van der Waals surface area (Å²) < 4.78 is 0. The molecule has 2 aromatic rings. The van der Waals surface area contributed by atoms with Gasteiger partial charge in [0.15, 0.2) is 11.0 Å². The van der Waals surface area contributed by atoms with E-state index in [9.17, 15) is 0 Å². The van der Waals surface area contributed by atoms with Crippen molar-refractivity contribution in [2.24, 2.45) is 10.9 Å². The van der Waals surface area contributed by atoms with Crippen molar-refractivity contribution in [1.29, 1.82) is 0 Å². The van der Waals surface area contributed by atoms with Crippen molar-refractivity contribution in [2.45, 2.75) is 10.2 Å². The minimum absolute atomic E-state index is 0.0584. The van der Waals surface area contributed by atoms with E-state index in [-0.39, 0.29) is 5.84 Å². The molecule has 2 heterocycles. The first-order valence-electron chi connectivity index (χ1n) is 4.54. The highest BCUT2D eigenvalue weighted by Gasteiger charge is 2.05. The predicted octanol–water partition coefficient (Wildman–Crippen LogP) is 0.512. The van der Waals surface area contributed by atoms with Crippen LogP contribution in [-0.4, -0.2) is 31.0 Å². The van der Waals surface area contributed by atoms with Crippen molar-refractivity contribution in [3.05, 3.63) is 36.5 Å². The number of nitrogens with zero attached hydrogens (tertiary/aromatic N) is 5. The lowest BCUT2D eigenvalue weighted by Gasteiger charge is -2.01. The van der Waals surface area contributed by atoms with Crippen LogP contribution in [0.5, 0.6) is 0 Å². The van der Waals surface area contributed by atoms with Gasteiger partial charge in [-0.15, -0.1) is 0 Å². The maximum atomic E-state index is 8.54. The molecule has 0 saturated heterocycles. The summed E-state index contributed by atoms with van der Waals surface area (Å²) >= 11 is 1.26. The predicted molar refractivity (Wildman–Crippen MR) is 60.7 cm³/mol. The van der Waals surface area contributed by atoms with Crippen molar-refractivity contribution in [3.63, 3.8) is 0 Å². The summed E-state index contributed by atoms with van der Waals surface area (Å²) in [4.78, 5) is 16.0. The fraction of sp³-hybridized carbons (Fsp3) is 0. The summed E-state index contributed by atoms with van der Waals surface area (Å²) in [5, 5.41) is 12.6. The highest BCUT2D eigenvalue weighted by atomic mass is 32.2. The van der Waals surface area contributed by atoms with Crippen molar-refractivity contribution < 1.29 is 5.21 Å². The lowest BCUT2D eigenvalue weighted by Crippen LogP contribution is -2.15. The van der Waals surface area contributed by atoms with Crippen molar-refractivity contribution in [1.82, 2.24) is 19.9 Å². The largest absolute Gasteiger partial charge is 0.409 e. The molecular formula is C9H8N6OS. The monoisotopic (exact) mass is 248 g/mol. The van der Waals surface area contributed by atoms with Gasteiger partial charge in [0.1, 0.15) is 17.0 Å². The van der Waals surface area contributed by atoms with Crippen molar-refractivity contribution in [3.8, 4) is 0 Å². The summed E-state index contributed by atoms with van der Waals surface area (Å²) in [6, 6.07) is 3.29. The summed E-state index contributed by atoms with van der Waals surface area (Å²) in [6.07, 6.45) is 4.60. The van der Waals surface area contributed by atoms with Crippen LogP contribution in [-0.2, 0) is 0 Å². The molecule has 0 amide bonds. The molecule has 17 heavy (non-hydrogen) atoms. The van der Waals surface area contributed by atoms with Gasteiger partial charge in [0.05, 0.1) is 0 Å². The van der Waals surface area contributed by atoms with Crippen LogP contribution in [0.3, 0.4) is 0 Å². The molecular weight excluding hydrogens is 240 g/mol. The maximum absolute atomic E-state index is 8.54. The summed E-state index contributed by atoms with van der Waals surface area (Å²) in [7, 11) is 0.